The maximum atomic E-state index is 13.9. The molecular weight excluding hydrogens is 527 g/mol. The Morgan fingerprint density at radius 2 is 2.02 bits per heavy atom. The quantitative estimate of drug-likeness (QED) is 0.235. The Labute approximate surface area is 237 Å². The smallest absolute Gasteiger partial charge is 0.408 e. The number of H-pyrrole nitrogens is 1. The van der Waals surface area contributed by atoms with Crippen LogP contribution in [-0.2, 0) is 11.2 Å². The van der Waals surface area contributed by atoms with E-state index in [9.17, 15) is 14.0 Å². The number of alkyl carbamates (subject to hydrolysis) is 1. The molecule has 2 amide bonds. The van der Waals surface area contributed by atoms with Crippen molar-refractivity contribution in [2.75, 3.05) is 13.1 Å². The van der Waals surface area contributed by atoms with Crippen LogP contribution in [0, 0.1) is 18.7 Å². The van der Waals surface area contributed by atoms with Crippen LogP contribution in [0.2, 0.25) is 0 Å². The first-order valence-corrected chi connectivity index (χ1v) is 14.5. The number of hydrogen-bond acceptors (Lipinski definition) is 5. The van der Waals surface area contributed by atoms with E-state index < -0.39 is 17.7 Å². The molecule has 2 aromatic heterocycles. The van der Waals surface area contributed by atoms with Crippen LogP contribution in [-0.4, -0.2) is 45.6 Å². The van der Waals surface area contributed by atoms with Crippen molar-refractivity contribution in [3.8, 4) is 0 Å². The number of ether oxygens (including phenoxy) is 1. The number of rotatable bonds is 9. The molecular formula is C31H35FN4O3S. The summed E-state index contributed by atoms with van der Waals surface area (Å²) < 4.78 is 19.4. The van der Waals surface area contributed by atoms with Gasteiger partial charge >= 0.3 is 6.09 Å². The Morgan fingerprint density at radius 3 is 2.70 bits per heavy atom. The lowest BCUT2D eigenvalue weighted by molar-refractivity contribution is 0.0511. The van der Waals surface area contributed by atoms with Gasteiger partial charge in [0.1, 0.15) is 22.5 Å². The van der Waals surface area contributed by atoms with E-state index in [1.165, 1.54) is 17.4 Å². The van der Waals surface area contributed by atoms with E-state index >= 15 is 0 Å². The van der Waals surface area contributed by atoms with Gasteiger partial charge in [-0.3, -0.25) is 4.79 Å². The van der Waals surface area contributed by atoms with Gasteiger partial charge in [-0.15, -0.1) is 11.3 Å². The fourth-order valence-electron chi connectivity index (χ4n) is 4.87. The Morgan fingerprint density at radius 1 is 1.23 bits per heavy atom. The van der Waals surface area contributed by atoms with Crippen LogP contribution in [0.1, 0.15) is 71.7 Å². The molecule has 0 saturated heterocycles. The van der Waals surface area contributed by atoms with Gasteiger partial charge in [0.25, 0.3) is 5.91 Å². The summed E-state index contributed by atoms with van der Waals surface area (Å²) in [5.74, 6) is 0.233. The molecule has 9 heteroatoms. The second kappa shape index (κ2) is 11.4. The third-order valence-electron chi connectivity index (χ3n) is 7.02. The molecule has 1 aliphatic rings. The fourth-order valence-corrected chi connectivity index (χ4v) is 5.58. The molecule has 0 aliphatic heterocycles. The minimum Gasteiger partial charge on any atom is -0.444 e. The van der Waals surface area contributed by atoms with Gasteiger partial charge in [-0.1, -0.05) is 12.1 Å². The second-order valence-electron chi connectivity index (χ2n) is 11.5. The first-order valence-electron chi connectivity index (χ1n) is 13.6. The van der Waals surface area contributed by atoms with Crippen molar-refractivity contribution in [3.63, 3.8) is 0 Å². The van der Waals surface area contributed by atoms with E-state index in [0.717, 1.165) is 45.4 Å². The van der Waals surface area contributed by atoms with E-state index in [-0.39, 0.29) is 11.7 Å². The standard InChI is InChI=1S/C31H35FN4O3S/c1-19-15-21(27(28-33-12-14-40-28)35-30(38)39-31(2,3)4)7-9-24(19)29(37)36(18-20-5-6-20)13-11-22-17-34-26-10-8-23(32)16-25(22)26/h7-10,12,14-17,20,27,34H,5-6,11,13,18H2,1-4H3,(H,35,38). The number of aromatic nitrogens is 2. The first-order chi connectivity index (χ1) is 19.1. The normalized spacial score (nSPS) is 14.2. The molecule has 0 spiro atoms. The van der Waals surface area contributed by atoms with Crippen molar-refractivity contribution in [3.05, 3.63) is 87.3 Å². The molecule has 0 bridgehead atoms. The van der Waals surface area contributed by atoms with Crippen molar-refractivity contribution in [1.29, 1.82) is 0 Å². The number of carbonyl (C=O) groups is 2. The molecule has 1 unspecified atom stereocenters. The molecule has 2 heterocycles. The summed E-state index contributed by atoms with van der Waals surface area (Å²) >= 11 is 1.45. The molecule has 40 heavy (non-hydrogen) atoms. The number of hydrogen-bond donors (Lipinski definition) is 2. The zero-order valence-corrected chi connectivity index (χ0v) is 24.1. The zero-order valence-electron chi connectivity index (χ0n) is 23.3. The van der Waals surface area contributed by atoms with Crippen LogP contribution in [0.25, 0.3) is 10.9 Å². The number of thiazole rings is 1. The zero-order chi connectivity index (χ0) is 28.4. The number of nitrogens with zero attached hydrogens (tertiary/aromatic N) is 2. The summed E-state index contributed by atoms with van der Waals surface area (Å²) in [6.45, 7) is 8.63. The minimum atomic E-state index is -0.629. The van der Waals surface area contributed by atoms with Crippen molar-refractivity contribution in [2.24, 2.45) is 5.92 Å². The number of benzene rings is 2. The molecule has 7 nitrogen and oxygen atoms in total. The van der Waals surface area contributed by atoms with E-state index in [2.05, 4.69) is 15.3 Å². The van der Waals surface area contributed by atoms with Crippen molar-refractivity contribution >= 4 is 34.2 Å². The molecule has 1 fully saturated rings. The molecule has 1 aliphatic carbocycles. The molecule has 5 rings (SSSR count). The van der Waals surface area contributed by atoms with Crippen LogP contribution in [0.4, 0.5) is 9.18 Å². The molecule has 2 aromatic carbocycles. The summed E-state index contributed by atoms with van der Waals surface area (Å²) in [6, 6.07) is 9.88. The second-order valence-corrected chi connectivity index (χ2v) is 12.4. The van der Waals surface area contributed by atoms with Crippen LogP contribution >= 0.6 is 11.3 Å². The van der Waals surface area contributed by atoms with Crippen molar-refractivity contribution in [1.82, 2.24) is 20.2 Å². The number of nitrogens with one attached hydrogen (secondary N) is 2. The maximum absolute atomic E-state index is 13.9. The van der Waals surface area contributed by atoms with Crippen LogP contribution < -0.4 is 5.32 Å². The van der Waals surface area contributed by atoms with Crippen LogP contribution in [0.5, 0.6) is 0 Å². The van der Waals surface area contributed by atoms with E-state index in [0.29, 0.717) is 31.0 Å². The van der Waals surface area contributed by atoms with Gasteiger partial charge in [0.05, 0.1) is 0 Å². The number of aromatic amines is 1. The lowest BCUT2D eigenvalue weighted by Crippen LogP contribution is -2.36. The molecule has 1 saturated carbocycles. The number of amides is 2. The summed E-state index contributed by atoms with van der Waals surface area (Å²) in [5.41, 5.74) is 3.53. The highest BCUT2D eigenvalue weighted by Crippen LogP contribution is 2.32. The van der Waals surface area contributed by atoms with E-state index in [1.54, 1.807) is 18.3 Å². The highest BCUT2D eigenvalue weighted by molar-refractivity contribution is 7.09. The summed E-state index contributed by atoms with van der Waals surface area (Å²) in [7, 11) is 0. The minimum absolute atomic E-state index is 0.0205. The molecule has 0 radical (unpaired) electrons. The maximum Gasteiger partial charge on any atom is 0.408 e. The van der Waals surface area contributed by atoms with E-state index in [1.807, 2.05) is 62.4 Å². The molecule has 4 aromatic rings. The number of aryl methyl sites for hydroxylation is 1. The number of fused-ring (bicyclic) bond motifs is 1. The van der Waals surface area contributed by atoms with Crippen LogP contribution in [0.15, 0.2) is 54.2 Å². The third-order valence-corrected chi connectivity index (χ3v) is 7.86. The number of carbonyl (C=O) groups excluding carboxylic acids is 2. The lowest BCUT2D eigenvalue weighted by Gasteiger charge is -2.25. The van der Waals surface area contributed by atoms with Gasteiger partial charge in [-0.05, 0) is 93.8 Å². The summed E-state index contributed by atoms with van der Waals surface area (Å²) in [5, 5.41) is 6.39. The third kappa shape index (κ3) is 6.70. The average molecular weight is 563 g/mol. The summed E-state index contributed by atoms with van der Waals surface area (Å²) in [4.78, 5) is 36.0. The Bertz CT molecular complexity index is 1500. The van der Waals surface area contributed by atoms with Gasteiger partial charge in [-0.2, -0.15) is 0 Å². The highest BCUT2D eigenvalue weighted by atomic mass is 32.1. The van der Waals surface area contributed by atoms with Crippen molar-refractivity contribution < 1.29 is 18.7 Å². The van der Waals surface area contributed by atoms with Gasteiger partial charge < -0.3 is 19.9 Å². The van der Waals surface area contributed by atoms with Gasteiger partial charge in [0.2, 0.25) is 0 Å². The molecule has 2 N–H and O–H groups in total. The van der Waals surface area contributed by atoms with Gasteiger partial charge in [-0.25, -0.2) is 14.2 Å². The number of halogens is 1. The van der Waals surface area contributed by atoms with Gasteiger partial charge in [0, 0.05) is 47.3 Å². The Kier molecular flexibility index (Phi) is 7.94. The largest absolute Gasteiger partial charge is 0.444 e. The van der Waals surface area contributed by atoms with Crippen LogP contribution in [0.3, 0.4) is 0 Å². The summed E-state index contributed by atoms with van der Waals surface area (Å²) in [6.07, 6.45) is 5.97. The predicted molar refractivity (Wildman–Crippen MR) is 155 cm³/mol. The topological polar surface area (TPSA) is 87.3 Å². The monoisotopic (exact) mass is 562 g/mol. The Balaban J connectivity index is 1.35. The average Bonchev–Trinajstić information content (AvgIpc) is 3.37. The highest BCUT2D eigenvalue weighted by Gasteiger charge is 2.29. The Hall–Kier alpha value is -3.72. The SMILES string of the molecule is Cc1cc(C(NC(=O)OC(C)(C)C)c2nccs2)ccc1C(=O)N(CCc1c[nH]c2ccc(F)cc12)CC1CC1. The predicted octanol–water partition coefficient (Wildman–Crippen LogP) is 6.78. The first kappa shape index (κ1) is 27.8. The molecule has 210 valence electrons. The van der Waals surface area contributed by atoms with Crippen molar-refractivity contribution in [2.45, 2.75) is 58.6 Å². The van der Waals surface area contributed by atoms with E-state index in [4.69, 9.17) is 4.74 Å². The fraction of sp³-hybridized carbons (Fsp3) is 0.387. The molecule has 1 atom stereocenters. The van der Waals surface area contributed by atoms with Gasteiger partial charge in [0.15, 0.2) is 0 Å². The lowest BCUT2D eigenvalue weighted by atomic mass is 9.99.